The number of carbonyl (C=O) groups is 1. The summed E-state index contributed by atoms with van der Waals surface area (Å²) in [6.07, 6.45) is -6.86. The Morgan fingerprint density at radius 1 is 1.11 bits per heavy atom. The monoisotopic (exact) mass is 292 g/mol. The van der Waals surface area contributed by atoms with E-state index in [2.05, 4.69) is 0 Å². The van der Waals surface area contributed by atoms with E-state index >= 15 is 0 Å². The van der Waals surface area contributed by atoms with Crippen molar-refractivity contribution in [2.24, 2.45) is 5.41 Å². The highest BCUT2D eigenvalue weighted by atomic mass is 32.2. The molecule has 0 radical (unpaired) electrons. The molecule has 0 rings (SSSR count). The van der Waals surface area contributed by atoms with E-state index < -0.39 is 40.7 Å². The largest absolute Gasteiger partial charge is 0.389 e. The van der Waals surface area contributed by atoms with Crippen molar-refractivity contribution >= 4 is 16.9 Å². The molecule has 0 aliphatic carbocycles. The standard InChI is InChI=1S/C12H15F3N2OS/c1-10(2,3)19-9(18)6-11(7-16,8-17)4-5-12(13,14)15/h4-6H2,1-3H3. The zero-order valence-electron chi connectivity index (χ0n) is 11.0. The Morgan fingerprint density at radius 2 is 1.58 bits per heavy atom. The average molecular weight is 292 g/mol. The zero-order chi connectivity index (χ0) is 15.3. The van der Waals surface area contributed by atoms with E-state index in [-0.39, 0.29) is 0 Å². The number of hydrogen-bond donors (Lipinski definition) is 0. The first-order valence-corrected chi connectivity index (χ1v) is 6.36. The van der Waals surface area contributed by atoms with Crippen LogP contribution in [-0.4, -0.2) is 16.0 Å². The lowest BCUT2D eigenvalue weighted by molar-refractivity contribution is -0.139. The van der Waals surface area contributed by atoms with Crippen LogP contribution in [0.4, 0.5) is 13.2 Å². The molecular weight excluding hydrogens is 277 g/mol. The number of carbonyl (C=O) groups excluding carboxylic acids is 1. The predicted octanol–water partition coefficient (Wildman–Crippen LogP) is 3.81. The molecule has 0 aromatic carbocycles. The van der Waals surface area contributed by atoms with Crippen molar-refractivity contribution in [2.45, 2.75) is 51.0 Å². The molecule has 0 bridgehead atoms. The molecule has 0 fully saturated rings. The van der Waals surface area contributed by atoms with E-state index in [1.54, 1.807) is 32.9 Å². The first-order valence-electron chi connectivity index (χ1n) is 5.54. The van der Waals surface area contributed by atoms with Crippen LogP contribution in [0.2, 0.25) is 0 Å². The maximum Gasteiger partial charge on any atom is 0.389 e. The molecule has 0 saturated carbocycles. The predicted molar refractivity (Wildman–Crippen MR) is 65.9 cm³/mol. The van der Waals surface area contributed by atoms with E-state index in [1.807, 2.05) is 0 Å². The number of halogens is 3. The van der Waals surface area contributed by atoms with Gasteiger partial charge < -0.3 is 0 Å². The van der Waals surface area contributed by atoms with Gasteiger partial charge in [0.1, 0.15) is 0 Å². The van der Waals surface area contributed by atoms with Gasteiger partial charge in [-0.15, -0.1) is 0 Å². The molecule has 0 aromatic heterocycles. The molecule has 0 atom stereocenters. The van der Waals surface area contributed by atoms with Crippen molar-refractivity contribution in [3.05, 3.63) is 0 Å². The molecule has 0 heterocycles. The van der Waals surface area contributed by atoms with Gasteiger partial charge in [-0.3, -0.25) is 4.79 Å². The van der Waals surface area contributed by atoms with Crippen LogP contribution < -0.4 is 0 Å². The van der Waals surface area contributed by atoms with Crippen molar-refractivity contribution in [1.82, 2.24) is 0 Å². The summed E-state index contributed by atoms with van der Waals surface area (Å²) in [4.78, 5) is 11.7. The fourth-order valence-electron chi connectivity index (χ4n) is 1.28. The van der Waals surface area contributed by atoms with E-state index in [9.17, 15) is 18.0 Å². The lowest BCUT2D eigenvalue weighted by Gasteiger charge is -2.21. The van der Waals surface area contributed by atoms with Gasteiger partial charge in [0.25, 0.3) is 0 Å². The molecule has 0 aliphatic rings. The second-order valence-corrected chi connectivity index (χ2v) is 7.07. The smallest absolute Gasteiger partial charge is 0.287 e. The number of hydrogen-bond acceptors (Lipinski definition) is 4. The second-order valence-electron chi connectivity index (χ2n) is 5.18. The third-order valence-electron chi connectivity index (χ3n) is 2.13. The van der Waals surface area contributed by atoms with Gasteiger partial charge in [0.2, 0.25) is 0 Å². The van der Waals surface area contributed by atoms with Gasteiger partial charge >= 0.3 is 6.18 Å². The maximum atomic E-state index is 12.2. The Balaban J connectivity index is 4.80. The maximum absolute atomic E-state index is 12.2. The Hall–Kier alpha value is -1.21. The van der Waals surface area contributed by atoms with Gasteiger partial charge in [0.15, 0.2) is 10.5 Å². The summed E-state index contributed by atoms with van der Waals surface area (Å²) in [5.74, 6) is 0. The molecule has 7 heteroatoms. The van der Waals surface area contributed by atoms with Gasteiger partial charge in [-0.1, -0.05) is 32.5 Å². The van der Waals surface area contributed by atoms with Crippen LogP contribution in [0.15, 0.2) is 0 Å². The summed E-state index contributed by atoms with van der Waals surface area (Å²) in [7, 11) is 0. The molecule has 3 nitrogen and oxygen atoms in total. The van der Waals surface area contributed by atoms with Crippen LogP contribution in [-0.2, 0) is 4.79 Å². The molecule has 0 aromatic rings. The lowest BCUT2D eigenvalue weighted by atomic mass is 9.83. The van der Waals surface area contributed by atoms with Crippen LogP contribution in [0.5, 0.6) is 0 Å². The molecular formula is C12H15F3N2OS. The summed E-state index contributed by atoms with van der Waals surface area (Å²) in [6, 6.07) is 3.12. The molecule has 0 spiro atoms. The second kappa shape index (κ2) is 6.29. The van der Waals surface area contributed by atoms with E-state index in [4.69, 9.17) is 10.5 Å². The van der Waals surface area contributed by atoms with Crippen molar-refractivity contribution in [1.29, 1.82) is 10.5 Å². The number of nitrogens with zero attached hydrogens (tertiary/aromatic N) is 2. The van der Waals surface area contributed by atoms with E-state index in [1.165, 1.54) is 0 Å². The highest BCUT2D eigenvalue weighted by Crippen LogP contribution is 2.36. The third kappa shape index (κ3) is 7.74. The first kappa shape index (κ1) is 17.8. The fraction of sp³-hybridized carbons (Fsp3) is 0.750. The van der Waals surface area contributed by atoms with Gasteiger partial charge in [-0.25, -0.2) is 0 Å². The van der Waals surface area contributed by atoms with Crippen molar-refractivity contribution in [3.63, 3.8) is 0 Å². The van der Waals surface area contributed by atoms with E-state index in [0.29, 0.717) is 0 Å². The number of alkyl halides is 3. The molecule has 0 aliphatic heterocycles. The van der Waals surface area contributed by atoms with Crippen molar-refractivity contribution < 1.29 is 18.0 Å². The third-order valence-corrected chi connectivity index (χ3v) is 3.11. The van der Waals surface area contributed by atoms with Crippen LogP contribution in [0.1, 0.15) is 40.0 Å². The van der Waals surface area contributed by atoms with Crippen molar-refractivity contribution in [3.8, 4) is 12.1 Å². The molecule has 0 saturated heterocycles. The topological polar surface area (TPSA) is 64.7 Å². The van der Waals surface area contributed by atoms with Crippen LogP contribution in [0.25, 0.3) is 0 Å². The fourth-order valence-corrected chi connectivity index (χ4v) is 2.28. The normalized spacial score (nSPS) is 12.6. The number of nitriles is 2. The van der Waals surface area contributed by atoms with Crippen molar-refractivity contribution in [2.75, 3.05) is 0 Å². The Morgan fingerprint density at radius 3 is 1.89 bits per heavy atom. The number of rotatable bonds is 4. The minimum atomic E-state index is -4.45. The summed E-state index contributed by atoms with van der Waals surface area (Å²) in [5, 5.41) is 17.4. The van der Waals surface area contributed by atoms with E-state index in [0.717, 1.165) is 11.8 Å². The lowest BCUT2D eigenvalue weighted by Crippen LogP contribution is -2.24. The van der Waals surface area contributed by atoms with Crippen LogP contribution in [0.3, 0.4) is 0 Å². The molecule has 106 valence electrons. The molecule has 0 unspecified atom stereocenters. The average Bonchev–Trinajstić information content (AvgIpc) is 2.20. The van der Waals surface area contributed by atoms with Gasteiger partial charge in [0, 0.05) is 17.6 Å². The Kier molecular flexibility index (Phi) is 5.89. The van der Waals surface area contributed by atoms with Gasteiger partial charge in [0.05, 0.1) is 12.1 Å². The molecule has 0 amide bonds. The minimum absolute atomic E-state index is 0.405. The highest BCUT2D eigenvalue weighted by Gasteiger charge is 2.39. The van der Waals surface area contributed by atoms with Crippen LogP contribution in [0, 0.1) is 28.1 Å². The molecule has 19 heavy (non-hydrogen) atoms. The van der Waals surface area contributed by atoms with Crippen LogP contribution >= 0.6 is 11.8 Å². The number of thioether (sulfide) groups is 1. The Labute approximate surface area is 114 Å². The minimum Gasteiger partial charge on any atom is -0.287 e. The zero-order valence-corrected chi connectivity index (χ0v) is 11.8. The summed E-state index contributed by atoms with van der Waals surface area (Å²) < 4.78 is 36.1. The summed E-state index contributed by atoms with van der Waals surface area (Å²) in [5.41, 5.74) is -1.90. The SMILES string of the molecule is CC(C)(C)SC(=O)CC(C#N)(C#N)CCC(F)(F)F. The summed E-state index contributed by atoms with van der Waals surface area (Å²) in [6.45, 7) is 5.31. The quantitative estimate of drug-likeness (QED) is 0.790. The van der Waals surface area contributed by atoms with Gasteiger partial charge in [-0.2, -0.15) is 23.7 Å². The summed E-state index contributed by atoms with van der Waals surface area (Å²) >= 11 is 0.925. The van der Waals surface area contributed by atoms with Gasteiger partial charge in [-0.05, 0) is 6.42 Å². The highest BCUT2D eigenvalue weighted by molar-refractivity contribution is 8.14. The first-order chi connectivity index (χ1) is 8.43. The molecule has 0 N–H and O–H groups in total. The Bertz CT molecular complexity index is 399.